The molecule has 1 atom stereocenters. The Morgan fingerprint density at radius 1 is 1.26 bits per heavy atom. The molecule has 6 heteroatoms. The van der Waals surface area contributed by atoms with Crippen molar-refractivity contribution in [1.82, 2.24) is 4.57 Å². The number of nitrogens with one attached hydrogen (secondary N) is 1. The van der Waals surface area contributed by atoms with E-state index in [1.807, 2.05) is 43.5 Å². The fourth-order valence-electron chi connectivity index (χ4n) is 3.45. The van der Waals surface area contributed by atoms with Crippen LogP contribution in [-0.4, -0.2) is 16.6 Å². The second-order valence-electron chi connectivity index (χ2n) is 6.99. The van der Waals surface area contributed by atoms with E-state index in [0.29, 0.717) is 33.9 Å². The largest absolute Gasteiger partial charge is 0.487 e. The molecule has 3 aromatic rings. The summed E-state index contributed by atoms with van der Waals surface area (Å²) in [6, 6.07) is 9.19. The van der Waals surface area contributed by atoms with Gasteiger partial charge in [-0.15, -0.1) is 0 Å². The molecule has 0 spiro atoms. The van der Waals surface area contributed by atoms with E-state index in [1.165, 1.54) is 0 Å². The van der Waals surface area contributed by atoms with E-state index in [0.717, 1.165) is 11.1 Å². The van der Waals surface area contributed by atoms with Crippen LogP contribution in [0.2, 0.25) is 5.02 Å². The normalized spacial score (nSPS) is 15.5. The Morgan fingerprint density at radius 2 is 2.04 bits per heavy atom. The van der Waals surface area contributed by atoms with Gasteiger partial charge < -0.3 is 14.6 Å². The Hall–Kier alpha value is -2.79. The van der Waals surface area contributed by atoms with Gasteiger partial charge in [-0.05, 0) is 50.1 Å². The molecule has 1 aliphatic heterocycles. The lowest BCUT2D eigenvalue weighted by atomic mass is 10.1. The average molecular weight is 383 g/mol. The predicted octanol–water partition coefficient (Wildman–Crippen LogP) is 4.30. The van der Waals surface area contributed by atoms with Crippen molar-refractivity contribution in [3.63, 3.8) is 0 Å². The average Bonchev–Trinajstić information content (AvgIpc) is 2.62. The van der Waals surface area contributed by atoms with Gasteiger partial charge in [-0.1, -0.05) is 23.7 Å². The summed E-state index contributed by atoms with van der Waals surface area (Å²) in [5, 5.41) is 3.49. The van der Waals surface area contributed by atoms with Crippen molar-refractivity contribution in [1.29, 1.82) is 0 Å². The number of aromatic nitrogens is 1. The zero-order valence-electron chi connectivity index (χ0n) is 15.3. The number of benzene rings is 2. The number of rotatable bonds is 2. The number of hydrogen-bond donors (Lipinski definition) is 1. The predicted molar refractivity (Wildman–Crippen MR) is 107 cm³/mol. The van der Waals surface area contributed by atoms with E-state index in [2.05, 4.69) is 5.32 Å². The molecule has 1 aliphatic rings. The van der Waals surface area contributed by atoms with Crippen LogP contribution in [0.25, 0.3) is 10.9 Å². The van der Waals surface area contributed by atoms with Crippen LogP contribution in [0.15, 0.2) is 41.3 Å². The summed E-state index contributed by atoms with van der Waals surface area (Å²) in [5.74, 6) is 0.159. The first kappa shape index (κ1) is 17.6. The van der Waals surface area contributed by atoms with Crippen molar-refractivity contribution < 1.29 is 9.53 Å². The minimum atomic E-state index is -0.444. The summed E-state index contributed by atoms with van der Waals surface area (Å²) < 4.78 is 7.70. The van der Waals surface area contributed by atoms with Crippen LogP contribution in [0.4, 0.5) is 5.69 Å². The van der Waals surface area contributed by atoms with Crippen LogP contribution in [0, 0.1) is 13.8 Å². The quantitative estimate of drug-likeness (QED) is 0.718. The first-order chi connectivity index (χ1) is 12.8. The number of amides is 1. The number of halogens is 1. The molecule has 27 heavy (non-hydrogen) atoms. The Balaban J connectivity index is 1.87. The summed E-state index contributed by atoms with van der Waals surface area (Å²) in [6.45, 7) is 6.34. The van der Waals surface area contributed by atoms with Crippen LogP contribution in [0.1, 0.15) is 28.4 Å². The molecule has 2 heterocycles. The highest BCUT2D eigenvalue weighted by molar-refractivity contribution is 6.35. The Morgan fingerprint density at radius 3 is 2.81 bits per heavy atom. The standard InChI is InChI=1S/C21H19ClN2O3/c1-11-4-5-12(2)16(8-11)23-21(26)14-10-24-9-13(3)27-17-7-6-15(22)18(19(17)24)20(14)25/h4-8,10,13H,9H2,1-3H3,(H,23,26)/t13-/m0/s1. The van der Waals surface area contributed by atoms with Crippen molar-refractivity contribution in [2.45, 2.75) is 33.4 Å². The fourth-order valence-corrected chi connectivity index (χ4v) is 3.69. The molecule has 1 N–H and O–H groups in total. The lowest BCUT2D eigenvalue weighted by Gasteiger charge is -2.26. The third kappa shape index (κ3) is 2.98. The van der Waals surface area contributed by atoms with Gasteiger partial charge in [0.05, 0.1) is 22.5 Å². The zero-order chi connectivity index (χ0) is 19.3. The summed E-state index contributed by atoms with van der Waals surface area (Å²) in [4.78, 5) is 26.0. The van der Waals surface area contributed by atoms with Crippen LogP contribution in [0.5, 0.6) is 5.75 Å². The van der Waals surface area contributed by atoms with Gasteiger partial charge in [-0.3, -0.25) is 9.59 Å². The number of anilines is 1. The summed E-state index contributed by atoms with van der Waals surface area (Å²) in [6.07, 6.45) is 1.53. The number of pyridine rings is 1. The van der Waals surface area contributed by atoms with E-state index in [1.54, 1.807) is 18.3 Å². The van der Waals surface area contributed by atoms with E-state index in [4.69, 9.17) is 16.3 Å². The van der Waals surface area contributed by atoms with Gasteiger partial charge in [-0.25, -0.2) is 0 Å². The number of carbonyl (C=O) groups is 1. The van der Waals surface area contributed by atoms with Crippen molar-refractivity contribution in [3.05, 3.63) is 68.5 Å². The molecule has 1 amide bonds. The van der Waals surface area contributed by atoms with Gasteiger partial charge >= 0.3 is 0 Å². The maximum absolute atomic E-state index is 13.0. The highest BCUT2D eigenvalue weighted by Crippen LogP contribution is 2.33. The maximum Gasteiger partial charge on any atom is 0.261 e. The monoisotopic (exact) mass is 382 g/mol. The second-order valence-corrected chi connectivity index (χ2v) is 7.40. The van der Waals surface area contributed by atoms with E-state index < -0.39 is 11.3 Å². The SMILES string of the molecule is Cc1ccc(C)c(NC(=O)c2cn3c4c(ccc(Cl)c4c2=O)O[C@@H](C)C3)c1. The van der Waals surface area contributed by atoms with Gasteiger partial charge in [0, 0.05) is 11.9 Å². The van der Waals surface area contributed by atoms with Crippen molar-refractivity contribution in [3.8, 4) is 5.75 Å². The zero-order valence-corrected chi connectivity index (χ0v) is 16.1. The third-order valence-electron chi connectivity index (χ3n) is 4.80. The van der Waals surface area contributed by atoms with Gasteiger partial charge in [0.1, 0.15) is 17.4 Å². The third-order valence-corrected chi connectivity index (χ3v) is 5.12. The number of nitrogens with zero attached hydrogens (tertiary/aromatic N) is 1. The molecule has 2 aromatic carbocycles. The topological polar surface area (TPSA) is 60.3 Å². The lowest BCUT2D eigenvalue weighted by Crippen LogP contribution is -2.30. The molecule has 4 rings (SSSR count). The molecule has 5 nitrogen and oxygen atoms in total. The number of ether oxygens (including phenoxy) is 1. The summed E-state index contributed by atoms with van der Waals surface area (Å²) in [5.41, 5.74) is 2.95. The Labute approximate surface area is 161 Å². The van der Waals surface area contributed by atoms with E-state index >= 15 is 0 Å². The number of carbonyl (C=O) groups excluding carboxylic acids is 1. The van der Waals surface area contributed by atoms with Gasteiger partial charge in [0.2, 0.25) is 5.43 Å². The second kappa shape index (κ2) is 6.43. The highest BCUT2D eigenvalue weighted by atomic mass is 35.5. The Bertz CT molecular complexity index is 1150. The van der Waals surface area contributed by atoms with Crippen molar-refractivity contribution >= 4 is 34.1 Å². The van der Waals surface area contributed by atoms with Crippen LogP contribution in [-0.2, 0) is 6.54 Å². The molecule has 1 aromatic heterocycles. The number of aryl methyl sites for hydroxylation is 2. The van der Waals surface area contributed by atoms with E-state index in [-0.39, 0.29) is 11.7 Å². The minimum Gasteiger partial charge on any atom is -0.487 e. The molecule has 0 unspecified atom stereocenters. The first-order valence-electron chi connectivity index (χ1n) is 8.76. The first-order valence-corrected chi connectivity index (χ1v) is 9.14. The summed E-state index contributed by atoms with van der Waals surface area (Å²) >= 11 is 6.31. The molecule has 0 radical (unpaired) electrons. The molecule has 138 valence electrons. The van der Waals surface area contributed by atoms with Gasteiger partial charge in [-0.2, -0.15) is 0 Å². The molecule has 0 fully saturated rings. The molecule has 0 saturated heterocycles. The Kier molecular flexibility index (Phi) is 4.19. The van der Waals surface area contributed by atoms with Gasteiger partial charge in [0.25, 0.3) is 5.91 Å². The van der Waals surface area contributed by atoms with Crippen LogP contribution in [0.3, 0.4) is 0 Å². The fraction of sp³-hybridized carbons (Fsp3) is 0.238. The maximum atomic E-state index is 13.0. The molecular weight excluding hydrogens is 364 g/mol. The van der Waals surface area contributed by atoms with Crippen molar-refractivity contribution in [2.24, 2.45) is 0 Å². The lowest BCUT2D eigenvalue weighted by molar-refractivity contribution is 0.102. The van der Waals surface area contributed by atoms with Crippen LogP contribution < -0.4 is 15.5 Å². The molecule has 0 aliphatic carbocycles. The number of hydrogen-bond acceptors (Lipinski definition) is 3. The smallest absolute Gasteiger partial charge is 0.261 e. The molecule has 0 saturated carbocycles. The van der Waals surface area contributed by atoms with Gasteiger partial charge in [0.15, 0.2) is 0 Å². The van der Waals surface area contributed by atoms with E-state index in [9.17, 15) is 9.59 Å². The highest BCUT2D eigenvalue weighted by Gasteiger charge is 2.24. The summed E-state index contributed by atoms with van der Waals surface area (Å²) in [7, 11) is 0. The minimum absolute atomic E-state index is 0.0663. The van der Waals surface area contributed by atoms with Crippen LogP contribution >= 0.6 is 11.6 Å². The molecular formula is C21H19ClN2O3. The van der Waals surface area contributed by atoms with Crippen molar-refractivity contribution in [2.75, 3.05) is 5.32 Å². The molecule has 0 bridgehead atoms.